The van der Waals surface area contributed by atoms with Gasteiger partial charge < -0.3 is 20.1 Å². The van der Waals surface area contributed by atoms with E-state index in [1.54, 1.807) is 12.1 Å². The van der Waals surface area contributed by atoms with Crippen molar-refractivity contribution in [3.63, 3.8) is 0 Å². The van der Waals surface area contributed by atoms with Gasteiger partial charge in [-0.1, -0.05) is 23.7 Å². The zero-order chi connectivity index (χ0) is 16.2. The highest BCUT2D eigenvalue weighted by atomic mass is 35.5. The van der Waals surface area contributed by atoms with Crippen LogP contribution in [0.15, 0.2) is 24.3 Å². The molecule has 0 fully saturated rings. The molecule has 0 saturated heterocycles. The smallest absolute Gasteiger partial charge is 0.246 e. The molecular weight excluding hydrogens is 308 g/mol. The molecule has 0 heterocycles. The minimum atomic E-state index is -0.204. The Hall–Kier alpha value is -1.79. The van der Waals surface area contributed by atoms with Gasteiger partial charge in [-0.25, -0.2) is 0 Å². The van der Waals surface area contributed by atoms with Crippen LogP contribution in [0.2, 0.25) is 5.02 Å². The second-order valence-electron chi connectivity index (χ2n) is 4.52. The molecule has 22 heavy (non-hydrogen) atoms. The lowest BCUT2D eigenvalue weighted by atomic mass is 10.3. The van der Waals surface area contributed by atoms with Crippen molar-refractivity contribution >= 4 is 23.4 Å². The van der Waals surface area contributed by atoms with E-state index in [4.69, 9.17) is 16.3 Å². The van der Waals surface area contributed by atoms with E-state index in [9.17, 15) is 9.59 Å². The van der Waals surface area contributed by atoms with Gasteiger partial charge in [0.1, 0.15) is 12.4 Å². The highest BCUT2D eigenvalue weighted by Gasteiger charge is 2.03. The number of rotatable bonds is 10. The first kappa shape index (κ1) is 18.3. The quantitative estimate of drug-likeness (QED) is 0.636. The minimum absolute atomic E-state index is 0.0212. The number of hydrogen-bond acceptors (Lipinski definition) is 4. The van der Waals surface area contributed by atoms with Gasteiger partial charge in [0.05, 0.1) is 11.6 Å². The Morgan fingerprint density at radius 2 is 1.82 bits per heavy atom. The summed E-state index contributed by atoms with van der Waals surface area (Å²) >= 11 is 5.95. The van der Waals surface area contributed by atoms with Crippen LogP contribution in [0.3, 0.4) is 0 Å². The van der Waals surface area contributed by atoms with Crippen molar-refractivity contribution in [1.82, 2.24) is 10.6 Å². The maximum Gasteiger partial charge on any atom is 0.246 e. The van der Waals surface area contributed by atoms with Crippen molar-refractivity contribution in [3.8, 4) is 5.75 Å². The van der Waals surface area contributed by atoms with E-state index in [1.165, 1.54) is 7.11 Å². The second kappa shape index (κ2) is 10.9. The Kier molecular flexibility index (Phi) is 9.02. The topological polar surface area (TPSA) is 76.7 Å². The molecule has 0 atom stereocenters. The van der Waals surface area contributed by atoms with E-state index in [2.05, 4.69) is 15.4 Å². The molecule has 122 valence electrons. The average Bonchev–Trinajstić information content (AvgIpc) is 2.50. The average molecular weight is 329 g/mol. The Bertz CT molecular complexity index is 482. The molecule has 6 nitrogen and oxygen atoms in total. The highest BCUT2D eigenvalue weighted by molar-refractivity contribution is 6.32. The predicted molar refractivity (Wildman–Crippen MR) is 84.1 cm³/mol. The van der Waals surface area contributed by atoms with Gasteiger partial charge in [0.15, 0.2) is 0 Å². The number of methoxy groups -OCH3 is 1. The van der Waals surface area contributed by atoms with Gasteiger partial charge in [-0.05, 0) is 18.6 Å². The molecule has 2 amide bonds. The van der Waals surface area contributed by atoms with Crippen molar-refractivity contribution in [1.29, 1.82) is 0 Å². The van der Waals surface area contributed by atoms with Crippen LogP contribution in [0, 0.1) is 0 Å². The molecule has 1 aromatic rings. The van der Waals surface area contributed by atoms with Crippen LogP contribution in [0.4, 0.5) is 0 Å². The fraction of sp³-hybridized carbons (Fsp3) is 0.467. The number of para-hydroxylation sites is 1. The number of halogens is 1. The molecule has 0 aromatic heterocycles. The summed E-state index contributed by atoms with van der Waals surface area (Å²) in [5.74, 6) is 0.332. The van der Waals surface area contributed by atoms with Crippen LogP contribution in [-0.4, -0.2) is 45.2 Å². The summed E-state index contributed by atoms with van der Waals surface area (Å²) in [5, 5.41) is 5.88. The first-order valence-corrected chi connectivity index (χ1v) is 7.41. The Morgan fingerprint density at radius 3 is 2.50 bits per heavy atom. The van der Waals surface area contributed by atoms with Crippen molar-refractivity contribution in [3.05, 3.63) is 29.3 Å². The van der Waals surface area contributed by atoms with E-state index in [-0.39, 0.29) is 18.4 Å². The minimum Gasteiger partial charge on any atom is -0.492 e. The van der Waals surface area contributed by atoms with Crippen molar-refractivity contribution in [2.24, 2.45) is 0 Å². The SMILES string of the molecule is COCC(=O)NCCNC(=O)CCCOc1ccccc1Cl. The van der Waals surface area contributed by atoms with Gasteiger partial charge >= 0.3 is 0 Å². The van der Waals surface area contributed by atoms with Crippen LogP contribution >= 0.6 is 11.6 Å². The summed E-state index contributed by atoms with van der Waals surface area (Å²) in [6.07, 6.45) is 0.948. The summed E-state index contributed by atoms with van der Waals surface area (Å²) in [5.41, 5.74) is 0. The number of carbonyl (C=O) groups excluding carboxylic acids is 2. The number of amides is 2. The Labute approximate surface area is 135 Å². The molecule has 0 saturated carbocycles. The molecule has 7 heteroatoms. The number of ether oxygens (including phenoxy) is 2. The third-order valence-corrected chi connectivity index (χ3v) is 3.00. The lowest BCUT2D eigenvalue weighted by Gasteiger charge is -2.08. The molecule has 1 rings (SSSR count). The molecule has 0 radical (unpaired) electrons. The van der Waals surface area contributed by atoms with E-state index in [0.29, 0.717) is 43.3 Å². The monoisotopic (exact) mass is 328 g/mol. The van der Waals surface area contributed by atoms with Crippen molar-refractivity contribution < 1.29 is 19.1 Å². The summed E-state index contributed by atoms with van der Waals surface area (Å²) < 4.78 is 10.2. The third kappa shape index (κ3) is 7.85. The summed E-state index contributed by atoms with van der Waals surface area (Å²) in [7, 11) is 1.45. The molecule has 0 aliphatic rings. The molecular formula is C15H21ClN2O4. The van der Waals surface area contributed by atoms with Gasteiger partial charge in [-0.15, -0.1) is 0 Å². The standard InChI is InChI=1S/C15H21ClN2O4/c1-21-11-15(20)18-9-8-17-14(19)7-4-10-22-13-6-3-2-5-12(13)16/h2-3,5-6H,4,7-11H2,1H3,(H,17,19)(H,18,20). The molecule has 0 aliphatic heterocycles. The van der Waals surface area contributed by atoms with Gasteiger partial charge in [0.2, 0.25) is 11.8 Å². The highest BCUT2D eigenvalue weighted by Crippen LogP contribution is 2.23. The van der Waals surface area contributed by atoms with Crippen LogP contribution in [0.25, 0.3) is 0 Å². The lowest BCUT2D eigenvalue weighted by molar-refractivity contribution is -0.125. The summed E-state index contributed by atoms with van der Waals surface area (Å²) in [6, 6.07) is 7.20. The maximum absolute atomic E-state index is 11.6. The zero-order valence-corrected chi connectivity index (χ0v) is 13.3. The molecule has 0 unspecified atom stereocenters. The van der Waals surface area contributed by atoms with E-state index < -0.39 is 0 Å². The van der Waals surface area contributed by atoms with Crippen LogP contribution in [0.5, 0.6) is 5.75 Å². The number of hydrogen-bond donors (Lipinski definition) is 2. The first-order valence-electron chi connectivity index (χ1n) is 7.03. The zero-order valence-electron chi connectivity index (χ0n) is 12.6. The fourth-order valence-electron chi connectivity index (χ4n) is 1.65. The fourth-order valence-corrected chi connectivity index (χ4v) is 1.84. The van der Waals surface area contributed by atoms with Gasteiger partial charge in [0, 0.05) is 26.6 Å². The normalized spacial score (nSPS) is 10.1. The summed E-state index contributed by atoms with van der Waals surface area (Å²) in [4.78, 5) is 22.6. The Balaban J connectivity index is 2.04. The van der Waals surface area contributed by atoms with Crippen molar-refractivity contribution in [2.45, 2.75) is 12.8 Å². The number of carbonyl (C=O) groups is 2. The lowest BCUT2D eigenvalue weighted by Crippen LogP contribution is -2.36. The first-order chi connectivity index (χ1) is 10.6. The Morgan fingerprint density at radius 1 is 1.14 bits per heavy atom. The third-order valence-electron chi connectivity index (χ3n) is 2.69. The van der Waals surface area contributed by atoms with Crippen LogP contribution in [0.1, 0.15) is 12.8 Å². The van der Waals surface area contributed by atoms with Gasteiger partial charge in [-0.3, -0.25) is 9.59 Å². The van der Waals surface area contributed by atoms with Crippen LogP contribution < -0.4 is 15.4 Å². The summed E-state index contributed by atoms with van der Waals surface area (Å²) in [6.45, 7) is 1.21. The van der Waals surface area contributed by atoms with E-state index in [0.717, 1.165) is 0 Å². The van der Waals surface area contributed by atoms with E-state index in [1.807, 2.05) is 12.1 Å². The molecule has 2 N–H and O–H groups in total. The van der Waals surface area contributed by atoms with Gasteiger partial charge in [-0.2, -0.15) is 0 Å². The van der Waals surface area contributed by atoms with Crippen molar-refractivity contribution in [2.75, 3.05) is 33.4 Å². The molecule has 0 bridgehead atoms. The number of nitrogens with one attached hydrogen (secondary N) is 2. The number of benzene rings is 1. The van der Waals surface area contributed by atoms with Crippen LogP contribution in [-0.2, 0) is 14.3 Å². The predicted octanol–water partition coefficient (Wildman–Crippen LogP) is 1.38. The van der Waals surface area contributed by atoms with E-state index >= 15 is 0 Å². The molecule has 1 aromatic carbocycles. The second-order valence-corrected chi connectivity index (χ2v) is 4.92. The molecule has 0 aliphatic carbocycles. The largest absolute Gasteiger partial charge is 0.492 e. The molecule has 0 spiro atoms. The maximum atomic E-state index is 11.6. The van der Waals surface area contributed by atoms with Gasteiger partial charge in [0.25, 0.3) is 0 Å².